The smallest absolute Gasteiger partial charge is 0.266 e. The number of aliphatic hydroxyl groups excluding tert-OH is 4. The van der Waals surface area contributed by atoms with Crippen LogP contribution >= 0.6 is 12.2 Å². The van der Waals surface area contributed by atoms with Crippen LogP contribution in [0.15, 0.2) is 0 Å². The zero-order valence-corrected chi connectivity index (χ0v) is 12.4. The molecule has 1 fully saturated rings. The summed E-state index contributed by atoms with van der Waals surface area (Å²) in [7, 11) is -4.13. The Morgan fingerprint density at radius 2 is 1.81 bits per heavy atom. The van der Waals surface area contributed by atoms with Gasteiger partial charge in [-0.15, -0.1) is 0 Å². The molecule has 0 radical (unpaired) electrons. The van der Waals surface area contributed by atoms with Gasteiger partial charge >= 0.3 is 0 Å². The van der Waals surface area contributed by atoms with Gasteiger partial charge in [-0.05, 0) is 12.2 Å². The molecule has 0 bridgehead atoms. The maximum atomic E-state index is 10.5. The molecule has 0 aromatic heterocycles. The van der Waals surface area contributed by atoms with Gasteiger partial charge in [0.15, 0.2) is 11.3 Å². The van der Waals surface area contributed by atoms with Crippen LogP contribution in [0.2, 0.25) is 0 Å². The van der Waals surface area contributed by atoms with Crippen molar-refractivity contribution in [2.45, 2.75) is 30.6 Å². The Hall–Kier alpha value is -0.600. The maximum absolute atomic E-state index is 10.5. The number of nitrogens with one attached hydrogen (secondary N) is 2. The Balaban J connectivity index is 2.50. The van der Waals surface area contributed by atoms with Crippen LogP contribution in [0.25, 0.3) is 0 Å². The van der Waals surface area contributed by atoms with Crippen molar-refractivity contribution in [2.24, 2.45) is 0 Å². The first-order chi connectivity index (χ1) is 9.65. The van der Waals surface area contributed by atoms with Crippen LogP contribution in [0.3, 0.4) is 0 Å². The summed E-state index contributed by atoms with van der Waals surface area (Å²) in [5, 5.41) is 42.7. The minimum atomic E-state index is -4.13. The summed E-state index contributed by atoms with van der Waals surface area (Å²) in [4.78, 5) is 0. The van der Waals surface area contributed by atoms with Gasteiger partial charge in [0.25, 0.3) is 10.1 Å². The first-order valence-electron chi connectivity index (χ1n) is 5.95. The van der Waals surface area contributed by atoms with E-state index in [-0.39, 0.29) is 11.7 Å². The van der Waals surface area contributed by atoms with E-state index in [2.05, 4.69) is 10.6 Å². The molecular formula is C9H18N2O8S2. The maximum Gasteiger partial charge on any atom is 0.266 e. The molecule has 0 aliphatic carbocycles. The van der Waals surface area contributed by atoms with E-state index in [4.69, 9.17) is 26.6 Å². The lowest BCUT2D eigenvalue weighted by Gasteiger charge is -2.40. The van der Waals surface area contributed by atoms with E-state index in [1.807, 2.05) is 0 Å². The van der Waals surface area contributed by atoms with Crippen molar-refractivity contribution in [1.29, 1.82) is 0 Å². The van der Waals surface area contributed by atoms with E-state index in [1.165, 1.54) is 0 Å². The molecule has 21 heavy (non-hydrogen) atoms. The highest BCUT2D eigenvalue weighted by molar-refractivity contribution is 7.85. The van der Waals surface area contributed by atoms with E-state index >= 15 is 0 Å². The molecule has 124 valence electrons. The Labute approximate surface area is 126 Å². The third-order valence-electron chi connectivity index (χ3n) is 2.81. The zero-order valence-electron chi connectivity index (χ0n) is 10.8. The van der Waals surface area contributed by atoms with Crippen LogP contribution in [0.1, 0.15) is 0 Å². The Kier molecular flexibility index (Phi) is 6.68. The topological polar surface area (TPSA) is 169 Å². The Morgan fingerprint density at radius 1 is 1.19 bits per heavy atom. The standard InChI is InChI=1S/C9H18N2O8S2/c12-3-4-5(13)6(14)7(15)8(19-4)11-9(20)10-1-2-21(16,17)18/h4-8,12-15H,1-3H2,(H2,10,11,20)(H,16,17,18)/t4-,5-,6+,7-,8-/m1/s1. The number of rotatable bonds is 5. The predicted octanol–water partition coefficient (Wildman–Crippen LogP) is -3.86. The number of hydrogen-bond acceptors (Lipinski definition) is 8. The minimum absolute atomic E-state index is 0.0945. The molecule has 5 atom stereocenters. The zero-order chi connectivity index (χ0) is 16.2. The summed E-state index contributed by atoms with van der Waals surface area (Å²) in [6, 6.07) is 0. The molecule has 1 saturated heterocycles. The minimum Gasteiger partial charge on any atom is -0.394 e. The van der Waals surface area contributed by atoms with E-state index in [1.54, 1.807) is 0 Å². The summed E-state index contributed by atoms with van der Waals surface area (Å²) >= 11 is 4.82. The van der Waals surface area contributed by atoms with Gasteiger partial charge < -0.3 is 35.8 Å². The molecule has 0 aromatic rings. The molecule has 12 heteroatoms. The van der Waals surface area contributed by atoms with Crippen LogP contribution < -0.4 is 10.6 Å². The van der Waals surface area contributed by atoms with Crippen molar-refractivity contribution in [1.82, 2.24) is 10.6 Å². The second kappa shape index (κ2) is 7.60. The molecular weight excluding hydrogens is 328 g/mol. The molecule has 7 N–H and O–H groups in total. The molecule has 0 aromatic carbocycles. The van der Waals surface area contributed by atoms with Crippen molar-refractivity contribution in [2.75, 3.05) is 18.9 Å². The first-order valence-corrected chi connectivity index (χ1v) is 7.97. The van der Waals surface area contributed by atoms with Crippen LogP contribution in [0.4, 0.5) is 0 Å². The fourth-order valence-electron chi connectivity index (χ4n) is 1.69. The SMILES string of the molecule is O=S(=O)(O)CCNC(=S)N[C@@H]1O[C@H](CO)[C@@H](O)[C@H](O)[C@H]1O. The normalized spacial score (nSPS) is 33.5. The van der Waals surface area contributed by atoms with E-state index in [0.717, 1.165) is 0 Å². The molecule has 10 nitrogen and oxygen atoms in total. The van der Waals surface area contributed by atoms with Gasteiger partial charge in [0.05, 0.1) is 12.4 Å². The number of aliphatic hydroxyl groups is 4. The highest BCUT2D eigenvalue weighted by Gasteiger charge is 2.43. The van der Waals surface area contributed by atoms with Gasteiger partial charge in [-0.1, -0.05) is 0 Å². The largest absolute Gasteiger partial charge is 0.394 e. The Morgan fingerprint density at radius 3 is 2.33 bits per heavy atom. The quantitative estimate of drug-likeness (QED) is 0.192. The first kappa shape index (κ1) is 18.4. The summed E-state index contributed by atoms with van der Waals surface area (Å²) in [5.74, 6) is -0.566. The average Bonchev–Trinajstić information content (AvgIpc) is 2.38. The molecule has 0 spiro atoms. The lowest BCUT2D eigenvalue weighted by Crippen LogP contribution is -2.64. The van der Waals surface area contributed by atoms with Crippen molar-refractivity contribution in [3.63, 3.8) is 0 Å². The Bertz CT molecular complexity index is 457. The highest BCUT2D eigenvalue weighted by atomic mass is 32.2. The van der Waals surface area contributed by atoms with Crippen molar-refractivity contribution >= 4 is 27.4 Å². The average molecular weight is 346 g/mol. The summed E-state index contributed by atoms with van der Waals surface area (Å²) in [5.41, 5.74) is 0. The van der Waals surface area contributed by atoms with E-state index in [9.17, 15) is 23.7 Å². The fraction of sp³-hybridized carbons (Fsp3) is 0.889. The number of hydrogen-bond donors (Lipinski definition) is 7. The van der Waals surface area contributed by atoms with Gasteiger partial charge in [0.2, 0.25) is 0 Å². The second-order valence-corrected chi connectivity index (χ2v) is 6.42. The van der Waals surface area contributed by atoms with Gasteiger partial charge in [-0.25, -0.2) is 0 Å². The van der Waals surface area contributed by atoms with E-state index in [0.29, 0.717) is 0 Å². The molecule has 0 unspecified atom stereocenters. The summed E-state index contributed by atoms with van der Waals surface area (Å²) in [6.07, 6.45) is -6.82. The lowest BCUT2D eigenvalue weighted by atomic mass is 9.98. The molecule has 1 aliphatic rings. The van der Waals surface area contributed by atoms with Gasteiger partial charge in [-0.2, -0.15) is 8.42 Å². The highest BCUT2D eigenvalue weighted by Crippen LogP contribution is 2.19. The molecule has 0 amide bonds. The summed E-state index contributed by atoms with van der Waals surface area (Å²) < 4.78 is 34.7. The van der Waals surface area contributed by atoms with Crippen LogP contribution in [-0.4, -0.2) is 88.1 Å². The molecule has 1 heterocycles. The molecule has 1 rings (SSSR count). The van der Waals surface area contributed by atoms with Gasteiger partial charge in [-0.3, -0.25) is 4.55 Å². The lowest BCUT2D eigenvalue weighted by molar-refractivity contribution is -0.232. The molecule has 1 aliphatic heterocycles. The fourth-order valence-corrected chi connectivity index (χ4v) is 2.27. The van der Waals surface area contributed by atoms with Crippen molar-refractivity contribution in [3.8, 4) is 0 Å². The van der Waals surface area contributed by atoms with Crippen molar-refractivity contribution < 1.29 is 38.1 Å². The van der Waals surface area contributed by atoms with Gasteiger partial charge in [0, 0.05) is 6.54 Å². The predicted molar refractivity (Wildman–Crippen MR) is 73.9 cm³/mol. The monoisotopic (exact) mass is 346 g/mol. The van der Waals surface area contributed by atoms with Crippen molar-refractivity contribution in [3.05, 3.63) is 0 Å². The summed E-state index contributed by atoms with van der Waals surface area (Å²) in [6.45, 7) is -0.756. The van der Waals surface area contributed by atoms with Crippen LogP contribution in [0.5, 0.6) is 0 Å². The second-order valence-electron chi connectivity index (χ2n) is 4.44. The number of thiocarbonyl (C=S) groups is 1. The third-order valence-corrected chi connectivity index (χ3v) is 3.79. The van der Waals surface area contributed by atoms with E-state index < -0.39 is 53.1 Å². The van der Waals surface area contributed by atoms with Crippen LogP contribution in [-0.2, 0) is 14.9 Å². The van der Waals surface area contributed by atoms with Crippen LogP contribution in [0, 0.1) is 0 Å². The molecule has 0 saturated carbocycles. The van der Waals surface area contributed by atoms with Gasteiger partial charge in [0.1, 0.15) is 24.4 Å². The number of ether oxygens (including phenoxy) is 1. The third kappa shape index (κ3) is 5.60.